The van der Waals surface area contributed by atoms with Gasteiger partial charge in [0.1, 0.15) is 12.6 Å². The van der Waals surface area contributed by atoms with E-state index in [1.165, 1.54) is 30.6 Å². The summed E-state index contributed by atoms with van der Waals surface area (Å²) < 4.78 is 0. The second kappa shape index (κ2) is 22.4. The molecule has 0 aromatic rings. The second-order valence-electron chi connectivity index (χ2n) is 8.55. The van der Waals surface area contributed by atoms with Gasteiger partial charge < -0.3 is 24.7 Å². The summed E-state index contributed by atoms with van der Waals surface area (Å²) in [6, 6.07) is 0. The van der Waals surface area contributed by atoms with E-state index >= 15 is 0 Å². The first-order valence-electron chi connectivity index (χ1n) is 12.3. The average molecular weight is 455 g/mol. The van der Waals surface area contributed by atoms with Crippen molar-refractivity contribution in [2.45, 2.75) is 89.6 Å². The van der Waals surface area contributed by atoms with E-state index in [2.05, 4.69) is 15.5 Å². The summed E-state index contributed by atoms with van der Waals surface area (Å²) in [5.41, 5.74) is 0. The first kappa shape index (κ1) is 30.2. The molecule has 0 aliphatic heterocycles. The molecule has 0 spiro atoms. The number of rotatable bonds is 24. The van der Waals surface area contributed by atoms with Gasteiger partial charge in [-0.05, 0) is 58.3 Å². The Morgan fingerprint density at radius 1 is 0.719 bits per heavy atom. The number of carbonyl (C=O) groups excluding carboxylic acids is 4. The van der Waals surface area contributed by atoms with Crippen LogP contribution in [0.2, 0.25) is 0 Å². The molecule has 0 saturated heterocycles. The second-order valence-corrected chi connectivity index (χ2v) is 8.55. The van der Waals surface area contributed by atoms with E-state index in [0.717, 1.165) is 77.2 Å². The molecule has 0 fully saturated rings. The maximum absolute atomic E-state index is 12.1. The van der Waals surface area contributed by atoms with Crippen LogP contribution in [0.5, 0.6) is 0 Å². The normalized spacial score (nSPS) is 11.8. The van der Waals surface area contributed by atoms with E-state index in [1.54, 1.807) is 14.1 Å². The molecular weight excluding hydrogens is 408 g/mol. The molecule has 0 aliphatic carbocycles. The Hall–Kier alpha value is -1.80. The standard InChI is InChI=1S/C24H46N4O4/c1-27(2)24(32)23(26-22-31)25-16-15-19-28(17-11-7-3-5-9-13-20-29)18-12-8-4-6-10-14-21-30/h20-23,25H,3-19H2,1-2H3,(H,26,31). The molecule has 32 heavy (non-hydrogen) atoms. The fraction of sp³-hybridized carbons (Fsp3) is 0.833. The Balaban J connectivity index is 4.27. The van der Waals surface area contributed by atoms with Gasteiger partial charge in [0.25, 0.3) is 5.91 Å². The van der Waals surface area contributed by atoms with Crippen molar-refractivity contribution >= 4 is 24.9 Å². The Bertz CT molecular complexity index is 467. The molecule has 2 amide bonds. The number of likely N-dealkylation sites (N-methyl/N-ethyl adjacent to an activating group) is 1. The molecule has 8 nitrogen and oxygen atoms in total. The highest BCUT2D eigenvalue weighted by Crippen LogP contribution is 2.09. The highest BCUT2D eigenvalue weighted by Gasteiger charge is 2.18. The number of amides is 2. The number of nitrogens with zero attached hydrogens (tertiary/aromatic N) is 2. The molecular formula is C24H46N4O4. The maximum atomic E-state index is 12.1. The van der Waals surface area contributed by atoms with Crippen LogP contribution in [0.4, 0.5) is 0 Å². The van der Waals surface area contributed by atoms with Gasteiger partial charge in [-0.2, -0.15) is 0 Å². The first-order chi connectivity index (χ1) is 15.6. The molecule has 0 heterocycles. The van der Waals surface area contributed by atoms with Gasteiger partial charge in [-0.3, -0.25) is 14.9 Å². The topological polar surface area (TPSA) is 98.8 Å². The first-order valence-corrected chi connectivity index (χ1v) is 12.3. The zero-order valence-corrected chi connectivity index (χ0v) is 20.4. The molecule has 1 atom stereocenters. The lowest BCUT2D eigenvalue weighted by atomic mass is 10.1. The number of hydrogen-bond acceptors (Lipinski definition) is 6. The lowest BCUT2D eigenvalue weighted by Crippen LogP contribution is -2.52. The Morgan fingerprint density at radius 3 is 1.66 bits per heavy atom. The molecule has 8 heteroatoms. The van der Waals surface area contributed by atoms with Crippen molar-refractivity contribution in [3.05, 3.63) is 0 Å². The van der Waals surface area contributed by atoms with Crippen LogP contribution in [0.1, 0.15) is 83.5 Å². The number of hydrogen-bond donors (Lipinski definition) is 2. The van der Waals surface area contributed by atoms with Gasteiger partial charge >= 0.3 is 0 Å². The van der Waals surface area contributed by atoms with Crippen LogP contribution in [-0.4, -0.2) is 81.1 Å². The summed E-state index contributed by atoms with van der Waals surface area (Å²) in [5.74, 6) is -0.168. The van der Waals surface area contributed by atoms with Crippen LogP contribution in [0.25, 0.3) is 0 Å². The Labute approximate surface area is 194 Å². The number of nitrogens with one attached hydrogen (secondary N) is 2. The average Bonchev–Trinajstić information content (AvgIpc) is 2.78. The monoisotopic (exact) mass is 454 g/mol. The van der Waals surface area contributed by atoms with Crippen LogP contribution >= 0.6 is 0 Å². The van der Waals surface area contributed by atoms with Gasteiger partial charge in [-0.1, -0.05) is 38.5 Å². The minimum absolute atomic E-state index is 0.168. The summed E-state index contributed by atoms with van der Waals surface area (Å²) in [6.45, 7) is 3.73. The van der Waals surface area contributed by atoms with Crippen LogP contribution in [-0.2, 0) is 19.2 Å². The molecule has 0 aromatic carbocycles. The van der Waals surface area contributed by atoms with Crippen molar-refractivity contribution < 1.29 is 19.2 Å². The van der Waals surface area contributed by atoms with Crippen LogP contribution in [0.3, 0.4) is 0 Å². The van der Waals surface area contributed by atoms with E-state index in [4.69, 9.17) is 0 Å². The quantitative estimate of drug-likeness (QED) is 0.132. The molecule has 186 valence electrons. The predicted octanol–water partition coefficient (Wildman–Crippen LogP) is 2.51. The van der Waals surface area contributed by atoms with Crippen molar-refractivity contribution in [3.8, 4) is 0 Å². The highest BCUT2D eigenvalue weighted by atomic mass is 16.2. The lowest BCUT2D eigenvalue weighted by Gasteiger charge is -2.24. The van der Waals surface area contributed by atoms with Crippen molar-refractivity contribution in [2.75, 3.05) is 40.3 Å². The van der Waals surface area contributed by atoms with E-state index in [1.807, 2.05) is 0 Å². The van der Waals surface area contributed by atoms with E-state index < -0.39 is 6.17 Å². The summed E-state index contributed by atoms with van der Waals surface area (Å²) in [4.78, 5) is 47.6. The van der Waals surface area contributed by atoms with Crippen molar-refractivity contribution in [1.29, 1.82) is 0 Å². The van der Waals surface area contributed by atoms with Gasteiger partial charge in [0, 0.05) is 26.9 Å². The van der Waals surface area contributed by atoms with E-state index in [-0.39, 0.29) is 5.91 Å². The fourth-order valence-corrected chi connectivity index (χ4v) is 3.62. The third-order valence-corrected chi connectivity index (χ3v) is 5.51. The molecule has 0 radical (unpaired) electrons. The summed E-state index contributed by atoms with van der Waals surface area (Å²) in [6.07, 6.45) is 15.3. The molecule has 2 N–H and O–H groups in total. The predicted molar refractivity (Wildman–Crippen MR) is 128 cm³/mol. The minimum atomic E-state index is -0.686. The molecule has 0 saturated carbocycles. The SMILES string of the molecule is CN(C)C(=O)C(NC=O)NCCCN(CCCCCCCC=O)CCCCCCCC=O. The van der Waals surface area contributed by atoms with E-state index in [9.17, 15) is 19.2 Å². The molecule has 0 bridgehead atoms. The van der Waals surface area contributed by atoms with Gasteiger partial charge in [0.15, 0.2) is 6.17 Å². The smallest absolute Gasteiger partial charge is 0.259 e. The van der Waals surface area contributed by atoms with Gasteiger partial charge in [0.2, 0.25) is 6.41 Å². The van der Waals surface area contributed by atoms with Gasteiger partial charge in [0.05, 0.1) is 0 Å². The summed E-state index contributed by atoms with van der Waals surface area (Å²) in [5, 5.41) is 5.67. The van der Waals surface area contributed by atoms with Crippen LogP contribution in [0, 0.1) is 0 Å². The Morgan fingerprint density at radius 2 is 1.19 bits per heavy atom. The zero-order valence-electron chi connectivity index (χ0n) is 20.4. The zero-order chi connectivity index (χ0) is 23.9. The van der Waals surface area contributed by atoms with Gasteiger partial charge in [-0.15, -0.1) is 0 Å². The molecule has 0 rings (SSSR count). The molecule has 0 aliphatic rings. The summed E-state index contributed by atoms with van der Waals surface area (Å²) >= 11 is 0. The van der Waals surface area contributed by atoms with Crippen LogP contribution < -0.4 is 10.6 Å². The fourth-order valence-electron chi connectivity index (χ4n) is 3.62. The van der Waals surface area contributed by atoms with Crippen molar-refractivity contribution in [2.24, 2.45) is 0 Å². The van der Waals surface area contributed by atoms with Gasteiger partial charge in [-0.25, -0.2) is 0 Å². The largest absolute Gasteiger partial charge is 0.346 e. The number of carbonyl (C=O) groups is 4. The number of unbranched alkanes of at least 4 members (excludes halogenated alkanes) is 10. The third-order valence-electron chi connectivity index (χ3n) is 5.51. The lowest BCUT2D eigenvalue weighted by molar-refractivity contribution is -0.133. The third kappa shape index (κ3) is 17.8. The van der Waals surface area contributed by atoms with Crippen LogP contribution in [0.15, 0.2) is 0 Å². The minimum Gasteiger partial charge on any atom is -0.346 e. The van der Waals surface area contributed by atoms with Crippen molar-refractivity contribution in [3.63, 3.8) is 0 Å². The number of aldehydes is 2. The molecule has 1 unspecified atom stereocenters. The summed E-state index contributed by atoms with van der Waals surface area (Å²) in [7, 11) is 3.34. The Kier molecular flexibility index (Phi) is 21.1. The maximum Gasteiger partial charge on any atom is 0.259 e. The van der Waals surface area contributed by atoms with Crippen molar-refractivity contribution in [1.82, 2.24) is 20.4 Å². The van der Waals surface area contributed by atoms with E-state index in [0.29, 0.717) is 25.8 Å². The highest BCUT2D eigenvalue weighted by molar-refractivity contribution is 5.82. The molecule has 0 aromatic heterocycles.